The van der Waals surface area contributed by atoms with Crippen molar-refractivity contribution >= 4 is 27.6 Å². The van der Waals surface area contributed by atoms with E-state index >= 15 is 0 Å². The van der Waals surface area contributed by atoms with Crippen LogP contribution in [-0.2, 0) is 0 Å². The second kappa shape index (κ2) is 5.54. The lowest BCUT2D eigenvalue weighted by Crippen LogP contribution is -2.40. The third-order valence-corrected chi connectivity index (χ3v) is 3.55. The fraction of sp³-hybridized carbons (Fsp3) is 0.462. The van der Waals surface area contributed by atoms with Crippen molar-refractivity contribution in [3.63, 3.8) is 0 Å². The molecule has 1 aromatic rings. The lowest BCUT2D eigenvalue weighted by atomic mass is 10.1. The van der Waals surface area contributed by atoms with Crippen LogP contribution in [0.4, 0.5) is 5.69 Å². The Morgan fingerprint density at radius 3 is 3.06 bits per heavy atom. The lowest BCUT2D eigenvalue weighted by Gasteiger charge is -2.26. The van der Waals surface area contributed by atoms with Crippen LogP contribution in [0.15, 0.2) is 33.7 Å². The average Bonchev–Trinajstić information content (AvgIpc) is 2.68. The molecule has 0 aromatic heterocycles. The number of rotatable bonds is 4. The van der Waals surface area contributed by atoms with Gasteiger partial charge in [0, 0.05) is 10.2 Å². The molecule has 92 valence electrons. The number of unbranched alkanes of at least 4 members (excludes halogenated alkanes) is 1. The smallest absolute Gasteiger partial charge is 0.196 e. The van der Waals surface area contributed by atoms with E-state index in [4.69, 9.17) is 5.73 Å². The van der Waals surface area contributed by atoms with Crippen molar-refractivity contribution in [1.82, 2.24) is 0 Å². The van der Waals surface area contributed by atoms with Gasteiger partial charge < -0.3 is 10.6 Å². The number of aliphatic imine (C=N–C) groups is 1. The van der Waals surface area contributed by atoms with E-state index in [9.17, 15) is 0 Å². The Morgan fingerprint density at radius 2 is 2.35 bits per heavy atom. The molecule has 0 radical (unpaired) electrons. The second-order valence-electron chi connectivity index (χ2n) is 4.34. The number of hydrogen-bond acceptors (Lipinski definition) is 3. The number of guanidine groups is 1. The molecule has 1 aromatic carbocycles. The van der Waals surface area contributed by atoms with Crippen LogP contribution in [0.1, 0.15) is 26.2 Å². The summed E-state index contributed by atoms with van der Waals surface area (Å²) in [5, 5.41) is 0. The molecule has 0 amide bonds. The zero-order valence-corrected chi connectivity index (χ0v) is 11.7. The molecule has 2 N–H and O–H groups in total. The normalized spacial score (nSPS) is 19.5. The van der Waals surface area contributed by atoms with Crippen LogP contribution in [0.5, 0.6) is 0 Å². The Labute approximate surface area is 111 Å². The molecule has 0 bridgehead atoms. The number of hydrogen-bond donors (Lipinski definition) is 1. The van der Waals surface area contributed by atoms with Gasteiger partial charge in [-0.2, -0.15) is 0 Å². The number of nitrogens with two attached hydrogens (primary N) is 1. The maximum absolute atomic E-state index is 5.98. The molecule has 1 aliphatic heterocycles. The van der Waals surface area contributed by atoms with Gasteiger partial charge in [-0.1, -0.05) is 41.8 Å². The van der Waals surface area contributed by atoms with E-state index in [2.05, 4.69) is 44.9 Å². The summed E-state index contributed by atoms with van der Waals surface area (Å²) in [7, 11) is 0. The van der Waals surface area contributed by atoms with E-state index in [0.717, 1.165) is 23.1 Å². The number of anilines is 1. The van der Waals surface area contributed by atoms with Gasteiger partial charge in [-0.15, -0.1) is 0 Å². The van der Waals surface area contributed by atoms with Crippen LogP contribution < -0.4 is 10.6 Å². The SMILES string of the molecule is CCCCC1CN=C(N)N1c1cccc(Br)c1. The second-order valence-corrected chi connectivity index (χ2v) is 5.26. The molecule has 1 unspecified atom stereocenters. The van der Waals surface area contributed by atoms with Crippen molar-refractivity contribution in [1.29, 1.82) is 0 Å². The average molecular weight is 296 g/mol. The first-order valence-electron chi connectivity index (χ1n) is 6.07. The lowest BCUT2D eigenvalue weighted by molar-refractivity contribution is 0.600. The summed E-state index contributed by atoms with van der Waals surface area (Å²) >= 11 is 3.49. The van der Waals surface area contributed by atoms with Crippen molar-refractivity contribution in [2.75, 3.05) is 11.4 Å². The van der Waals surface area contributed by atoms with E-state index in [-0.39, 0.29) is 0 Å². The Balaban J connectivity index is 2.18. The van der Waals surface area contributed by atoms with Gasteiger partial charge in [-0.05, 0) is 24.6 Å². The molecule has 0 aliphatic carbocycles. The minimum Gasteiger partial charge on any atom is -0.370 e. The number of halogens is 1. The van der Waals surface area contributed by atoms with E-state index in [1.54, 1.807) is 0 Å². The van der Waals surface area contributed by atoms with Gasteiger partial charge in [0.1, 0.15) is 0 Å². The van der Waals surface area contributed by atoms with Crippen LogP contribution in [0.2, 0.25) is 0 Å². The first-order chi connectivity index (χ1) is 8.22. The molecule has 0 fully saturated rings. The fourth-order valence-electron chi connectivity index (χ4n) is 2.17. The molecule has 1 aliphatic rings. The van der Waals surface area contributed by atoms with E-state index in [1.165, 1.54) is 12.8 Å². The van der Waals surface area contributed by atoms with Gasteiger partial charge in [0.05, 0.1) is 12.6 Å². The maximum Gasteiger partial charge on any atom is 0.196 e. The quantitative estimate of drug-likeness (QED) is 0.927. The summed E-state index contributed by atoms with van der Waals surface area (Å²) in [6.07, 6.45) is 3.58. The Kier molecular flexibility index (Phi) is 4.05. The monoisotopic (exact) mass is 295 g/mol. The van der Waals surface area contributed by atoms with E-state index < -0.39 is 0 Å². The Hall–Kier alpha value is -1.03. The molecule has 0 saturated heterocycles. The standard InChI is InChI=1S/C13H18BrN3/c1-2-3-6-12-9-16-13(15)17(12)11-7-4-5-10(14)8-11/h4-5,7-8,12H,2-3,6,9H2,1H3,(H2,15,16). The molecule has 4 heteroatoms. The molecule has 0 spiro atoms. The van der Waals surface area contributed by atoms with Crippen molar-refractivity contribution < 1.29 is 0 Å². The third-order valence-electron chi connectivity index (χ3n) is 3.05. The largest absolute Gasteiger partial charge is 0.370 e. The van der Waals surface area contributed by atoms with Gasteiger partial charge >= 0.3 is 0 Å². The summed E-state index contributed by atoms with van der Waals surface area (Å²) in [6, 6.07) is 8.64. The first-order valence-corrected chi connectivity index (χ1v) is 6.86. The summed E-state index contributed by atoms with van der Waals surface area (Å²) in [4.78, 5) is 6.52. The predicted octanol–water partition coefficient (Wildman–Crippen LogP) is 3.14. The topological polar surface area (TPSA) is 41.6 Å². The highest BCUT2D eigenvalue weighted by Gasteiger charge is 2.26. The van der Waals surface area contributed by atoms with Gasteiger partial charge in [0.2, 0.25) is 0 Å². The van der Waals surface area contributed by atoms with Crippen LogP contribution >= 0.6 is 15.9 Å². The minimum atomic E-state index is 0.421. The van der Waals surface area contributed by atoms with Crippen molar-refractivity contribution in [2.24, 2.45) is 10.7 Å². The summed E-state index contributed by atoms with van der Waals surface area (Å²) in [5.41, 5.74) is 7.11. The molecule has 3 nitrogen and oxygen atoms in total. The maximum atomic E-state index is 5.98. The van der Waals surface area contributed by atoms with Crippen LogP contribution in [0, 0.1) is 0 Å². The van der Waals surface area contributed by atoms with Crippen LogP contribution in [0.25, 0.3) is 0 Å². The van der Waals surface area contributed by atoms with Gasteiger partial charge in [0.25, 0.3) is 0 Å². The molecule has 1 heterocycles. The Morgan fingerprint density at radius 1 is 1.53 bits per heavy atom. The Bertz CT molecular complexity index is 417. The van der Waals surface area contributed by atoms with Gasteiger partial charge in [-0.25, -0.2) is 0 Å². The highest BCUT2D eigenvalue weighted by atomic mass is 79.9. The van der Waals surface area contributed by atoms with Gasteiger partial charge in [0.15, 0.2) is 5.96 Å². The molecule has 1 atom stereocenters. The zero-order valence-electron chi connectivity index (χ0n) is 10.1. The minimum absolute atomic E-state index is 0.421. The van der Waals surface area contributed by atoms with Crippen molar-refractivity contribution in [3.05, 3.63) is 28.7 Å². The predicted molar refractivity (Wildman–Crippen MR) is 76.4 cm³/mol. The third kappa shape index (κ3) is 2.80. The first kappa shape index (κ1) is 12.4. The van der Waals surface area contributed by atoms with Crippen molar-refractivity contribution in [3.8, 4) is 0 Å². The molecular formula is C13H18BrN3. The van der Waals surface area contributed by atoms with Crippen LogP contribution in [-0.4, -0.2) is 18.5 Å². The summed E-state index contributed by atoms with van der Waals surface area (Å²) in [6.45, 7) is 3.03. The van der Waals surface area contributed by atoms with E-state index in [1.807, 2.05) is 12.1 Å². The van der Waals surface area contributed by atoms with Gasteiger partial charge in [-0.3, -0.25) is 4.99 Å². The van der Waals surface area contributed by atoms with E-state index in [0.29, 0.717) is 12.0 Å². The van der Waals surface area contributed by atoms with Crippen molar-refractivity contribution in [2.45, 2.75) is 32.2 Å². The number of benzene rings is 1. The highest BCUT2D eigenvalue weighted by molar-refractivity contribution is 9.10. The molecule has 17 heavy (non-hydrogen) atoms. The summed E-state index contributed by atoms with van der Waals surface area (Å²) in [5.74, 6) is 0.643. The fourth-order valence-corrected chi connectivity index (χ4v) is 2.56. The highest BCUT2D eigenvalue weighted by Crippen LogP contribution is 2.26. The summed E-state index contributed by atoms with van der Waals surface area (Å²) < 4.78 is 1.07. The molecule has 2 rings (SSSR count). The van der Waals surface area contributed by atoms with Crippen LogP contribution in [0.3, 0.4) is 0 Å². The number of nitrogens with zero attached hydrogens (tertiary/aromatic N) is 2. The zero-order chi connectivity index (χ0) is 12.3. The molecule has 0 saturated carbocycles. The molecular weight excluding hydrogens is 278 g/mol.